The van der Waals surface area contributed by atoms with Crippen molar-refractivity contribution >= 4 is 11.6 Å². The van der Waals surface area contributed by atoms with Crippen LogP contribution in [0.4, 0.5) is 0 Å². The fourth-order valence-corrected chi connectivity index (χ4v) is 1.73. The fourth-order valence-electron chi connectivity index (χ4n) is 1.61. The predicted octanol–water partition coefficient (Wildman–Crippen LogP) is 3.23. The van der Waals surface area contributed by atoms with E-state index in [1.165, 1.54) is 0 Å². The summed E-state index contributed by atoms with van der Waals surface area (Å²) in [7, 11) is 0. The largest absolute Gasteiger partial charge is 0.489 e. The summed E-state index contributed by atoms with van der Waals surface area (Å²) in [6, 6.07) is 15.2. The van der Waals surface area contributed by atoms with Gasteiger partial charge in [0.15, 0.2) is 0 Å². The molecule has 0 atom stereocenters. The second-order valence-corrected chi connectivity index (χ2v) is 4.34. The average molecular weight is 272 g/mol. The molecule has 0 aliphatic rings. The van der Waals surface area contributed by atoms with Crippen LogP contribution >= 0.6 is 11.6 Å². The zero-order valence-corrected chi connectivity index (χ0v) is 11.2. The van der Waals surface area contributed by atoms with E-state index in [1.54, 1.807) is 12.1 Å². The highest BCUT2D eigenvalue weighted by atomic mass is 35.5. The SMILES string of the molecule is NCC#Cc1ccccc1COc1ccc(Cl)cc1. The Kier molecular flexibility index (Phi) is 4.85. The number of nitrogens with two attached hydrogens (primary N) is 1. The normalized spacial score (nSPS) is 9.58. The van der Waals surface area contributed by atoms with Crippen molar-refractivity contribution in [1.82, 2.24) is 0 Å². The Morgan fingerprint density at radius 3 is 2.53 bits per heavy atom. The quantitative estimate of drug-likeness (QED) is 0.870. The highest BCUT2D eigenvalue weighted by Crippen LogP contribution is 2.17. The maximum absolute atomic E-state index is 5.83. The number of hydrogen-bond acceptors (Lipinski definition) is 2. The van der Waals surface area contributed by atoms with Crippen molar-refractivity contribution in [1.29, 1.82) is 0 Å². The number of rotatable bonds is 3. The topological polar surface area (TPSA) is 35.2 Å². The summed E-state index contributed by atoms with van der Waals surface area (Å²) in [4.78, 5) is 0. The summed E-state index contributed by atoms with van der Waals surface area (Å²) in [6.07, 6.45) is 0. The van der Waals surface area contributed by atoms with Crippen molar-refractivity contribution in [2.45, 2.75) is 6.61 Å². The van der Waals surface area contributed by atoms with Gasteiger partial charge in [0.25, 0.3) is 0 Å². The van der Waals surface area contributed by atoms with Gasteiger partial charge in [0.2, 0.25) is 0 Å². The van der Waals surface area contributed by atoms with E-state index >= 15 is 0 Å². The highest BCUT2D eigenvalue weighted by Gasteiger charge is 2.00. The zero-order valence-electron chi connectivity index (χ0n) is 10.4. The van der Waals surface area contributed by atoms with Crippen LogP contribution in [0.15, 0.2) is 48.5 Å². The van der Waals surface area contributed by atoms with E-state index in [0.29, 0.717) is 18.2 Å². The molecule has 2 N–H and O–H groups in total. The first kappa shape index (κ1) is 13.5. The number of hydrogen-bond donors (Lipinski definition) is 1. The van der Waals surface area contributed by atoms with Gasteiger partial charge < -0.3 is 10.5 Å². The van der Waals surface area contributed by atoms with E-state index < -0.39 is 0 Å². The van der Waals surface area contributed by atoms with Gasteiger partial charge in [0.05, 0.1) is 6.54 Å². The van der Waals surface area contributed by atoms with Gasteiger partial charge >= 0.3 is 0 Å². The molecule has 0 aromatic heterocycles. The Bertz CT molecular complexity index is 596. The van der Waals surface area contributed by atoms with Crippen LogP contribution in [-0.4, -0.2) is 6.54 Å². The molecule has 0 unspecified atom stereocenters. The van der Waals surface area contributed by atoms with Crippen LogP contribution in [0, 0.1) is 11.8 Å². The molecule has 0 aliphatic carbocycles. The molecule has 2 aromatic carbocycles. The molecule has 0 heterocycles. The smallest absolute Gasteiger partial charge is 0.119 e. The maximum atomic E-state index is 5.83. The van der Waals surface area contributed by atoms with Gasteiger partial charge in [-0.05, 0) is 30.3 Å². The monoisotopic (exact) mass is 271 g/mol. The van der Waals surface area contributed by atoms with E-state index in [1.807, 2.05) is 36.4 Å². The summed E-state index contributed by atoms with van der Waals surface area (Å²) < 4.78 is 5.71. The maximum Gasteiger partial charge on any atom is 0.119 e. The van der Waals surface area contributed by atoms with Crippen LogP contribution in [0.25, 0.3) is 0 Å². The Balaban J connectivity index is 2.09. The third-order valence-corrected chi connectivity index (χ3v) is 2.80. The van der Waals surface area contributed by atoms with Crippen LogP contribution in [0.5, 0.6) is 5.75 Å². The van der Waals surface area contributed by atoms with Crippen LogP contribution in [0.2, 0.25) is 5.02 Å². The highest BCUT2D eigenvalue weighted by molar-refractivity contribution is 6.30. The van der Waals surface area contributed by atoms with Crippen molar-refractivity contribution in [2.75, 3.05) is 6.54 Å². The molecular weight excluding hydrogens is 258 g/mol. The van der Waals surface area contributed by atoms with Gasteiger partial charge in [-0.3, -0.25) is 0 Å². The summed E-state index contributed by atoms with van der Waals surface area (Å²) in [5.41, 5.74) is 7.37. The van der Waals surface area contributed by atoms with Gasteiger partial charge in [0, 0.05) is 16.1 Å². The molecule has 2 rings (SSSR count). The van der Waals surface area contributed by atoms with Crippen molar-refractivity contribution < 1.29 is 4.74 Å². The third kappa shape index (κ3) is 4.03. The van der Waals surface area contributed by atoms with E-state index in [-0.39, 0.29) is 0 Å². The molecule has 0 amide bonds. The van der Waals surface area contributed by atoms with E-state index in [0.717, 1.165) is 16.9 Å². The van der Waals surface area contributed by atoms with Gasteiger partial charge in [-0.2, -0.15) is 0 Å². The third-order valence-electron chi connectivity index (χ3n) is 2.55. The van der Waals surface area contributed by atoms with E-state index in [4.69, 9.17) is 22.1 Å². The molecular formula is C16H14ClNO. The molecule has 0 saturated carbocycles. The van der Waals surface area contributed by atoms with Crippen LogP contribution in [-0.2, 0) is 6.61 Å². The molecule has 96 valence electrons. The van der Waals surface area contributed by atoms with Gasteiger partial charge in [-0.25, -0.2) is 0 Å². The first-order valence-electron chi connectivity index (χ1n) is 5.95. The molecule has 3 heteroatoms. The van der Waals surface area contributed by atoms with Crippen LogP contribution in [0.3, 0.4) is 0 Å². The van der Waals surface area contributed by atoms with Gasteiger partial charge in [-0.15, -0.1) is 0 Å². The molecule has 19 heavy (non-hydrogen) atoms. The van der Waals surface area contributed by atoms with Crippen molar-refractivity contribution in [3.63, 3.8) is 0 Å². The van der Waals surface area contributed by atoms with Crippen LogP contribution in [0.1, 0.15) is 11.1 Å². The minimum absolute atomic E-state index is 0.354. The second-order valence-electron chi connectivity index (χ2n) is 3.91. The molecule has 0 aliphatic heterocycles. The van der Waals surface area contributed by atoms with Crippen molar-refractivity contribution in [2.24, 2.45) is 5.73 Å². The Labute approximate surface area is 118 Å². The van der Waals surface area contributed by atoms with E-state index in [2.05, 4.69) is 11.8 Å². The lowest BCUT2D eigenvalue weighted by Crippen LogP contribution is -1.99. The minimum atomic E-state index is 0.354. The summed E-state index contributed by atoms with van der Waals surface area (Å²) in [5.74, 6) is 6.68. The lowest BCUT2D eigenvalue weighted by molar-refractivity contribution is 0.306. The Morgan fingerprint density at radius 2 is 1.79 bits per heavy atom. The average Bonchev–Trinajstić information content (AvgIpc) is 2.45. The molecule has 0 saturated heterocycles. The molecule has 0 fully saturated rings. The Morgan fingerprint density at radius 1 is 1.05 bits per heavy atom. The molecule has 0 bridgehead atoms. The second kappa shape index (κ2) is 6.84. The molecule has 0 radical (unpaired) electrons. The predicted molar refractivity (Wildman–Crippen MR) is 78.2 cm³/mol. The summed E-state index contributed by atoms with van der Waals surface area (Å²) in [6.45, 7) is 0.823. The molecule has 2 nitrogen and oxygen atoms in total. The minimum Gasteiger partial charge on any atom is -0.489 e. The number of benzene rings is 2. The standard InChI is InChI=1S/C16H14ClNO/c17-15-7-9-16(10-8-15)19-12-14-5-2-1-4-13(14)6-3-11-18/h1-2,4-5,7-10H,11-12,18H2. The molecule has 0 spiro atoms. The fraction of sp³-hybridized carbons (Fsp3) is 0.125. The van der Waals surface area contributed by atoms with Crippen molar-refractivity contribution in [3.8, 4) is 17.6 Å². The van der Waals surface area contributed by atoms with E-state index in [9.17, 15) is 0 Å². The van der Waals surface area contributed by atoms with Crippen LogP contribution < -0.4 is 10.5 Å². The summed E-state index contributed by atoms with van der Waals surface area (Å²) in [5, 5.41) is 0.696. The van der Waals surface area contributed by atoms with Gasteiger partial charge in [0.1, 0.15) is 12.4 Å². The molecule has 2 aromatic rings. The number of ether oxygens (including phenoxy) is 1. The van der Waals surface area contributed by atoms with Gasteiger partial charge in [-0.1, -0.05) is 41.6 Å². The summed E-state index contributed by atoms with van der Waals surface area (Å²) >= 11 is 5.83. The lowest BCUT2D eigenvalue weighted by Gasteiger charge is -2.08. The first-order valence-corrected chi connectivity index (χ1v) is 6.32. The lowest BCUT2D eigenvalue weighted by atomic mass is 10.1. The van der Waals surface area contributed by atoms with Crippen molar-refractivity contribution in [3.05, 3.63) is 64.7 Å². The first-order chi connectivity index (χ1) is 9.29. The Hall–Kier alpha value is -1.95. The number of halogens is 1. The zero-order chi connectivity index (χ0) is 13.5.